The lowest BCUT2D eigenvalue weighted by molar-refractivity contribution is -0.124. The van der Waals surface area contributed by atoms with Gasteiger partial charge in [0.1, 0.15) is 5.75 Å². The van der Waals surface area contributed by atoms with E-state index in [0.29, 0.717) is 18.1 Å². The number of rotatable bonds is 5. The van der Waals surface area contributed by atoms with E-state index in [1.807, 2.05) is 19.1 Å². The predicted molar refractivity (Wildman–Crippen MR) is 90.6 cm³/mol. The molecule has 23 heavy (non-hydrogen) atoms. The Hall–Kier alpha value is -1.56. The van der Waals surface area contributed by atoms with Crippen LogP contribution in [0.1, 0.15) is 44.2 Å². The van der Waals surface area contributed by atoms with Crippen molar-refractivity contribution in [3.05, 3.63) is 29.3 Å². The first-order valence-electron chi connectivity index (χ1n) is 7.85. The van der Waals surface area contributed by atoms with Gasteiger partial charge in [-0.3, -0.25) is 4.79 Å². The normalized spacial score (nSPS) is 23.0. The number of nitrogens with one attached hydrogen (secondary N) is 1. The number of hydrogen-bond acceptors (Lipinski definition) is 4. The first kappa shape index (κ1) is 17.8. The van der Waals surface area contributed by atoms with Gasteiger partial charge in [-0.05, 0) is 43.4 Å². The fourth-order valence-corrected chi connectivity index (χ4v) is 4.85. The molecule has 1 aliphatic heterocycles. The van der Waals surface area contributed by atoms with Crippen LogP contribution in [0.5, 0.6) is 5.75 Å². The monoisotopic (exact) mass is 339 g/mol. The van der Waals surface area contributed by atoms with E-state index >= 15 is 0 Å². The number of ether oxygens (including phenoxy) is 1. The van der Waals surface area contributed by atoms with Crippen LogP contribution in [0.25, 0.3) is 0 Å². The molecule has 1 unspecified atom stereocenters. The Kier molecular flexibility index (Phi) is 5.04. The van der Waals surface area contributed by atoms with E-state index in [1.165, 1.54) is 0 Å². The summed E-state index contributed by atoms with van der Waals surface area (Å²) in [5.41, 5.74) is 1.44. The topological polar surface area (TPSA) is 72.5 Å². The van der Waals surface area contributed by atoms with Gasteiger partial charge in [0, 0.05) is 0 Å². The third-order valence-corrected chi connectivity index (χ3v) is 6.09. The van der Waals surface area contributed by atoms with Crippen molar-refractivity contribution in [2.24, 2.45) is 0 Å². The minimum Gasteiger partial charge on any atom is -0.483 e. The number of amides is 1. The number of carbonyl (C=O) groups is 1. The Balaban J connectivity index is 1.96. The molecule has 1 N–H and O–H groups in total. The molecule has 6 heteroatoms. The first-order chi connectivity index (χ1) is 10.6. The molecule has 128 valence electrons. The lowest BCUT2D eigenvalue weighted by atomic mass is 10.0. The van der Waals surface area contributed by atoms with Gasteiger partial charge in [-0.1, -0.05) is 26.0 Å². The number of hydrogen-bond donors (Lipinski definition) is 1. The van der Waals surface area contributed by atoms with Crippen molar-refractivity contribution in [2.75, 3.05) is 18.1 Å². The van der Waals surface area contributed by atoms with Crippen molar-refractivity contribution >= 4 is 15.7 Å². The van der Waals surface area contributed by atoms with Gasteiger partial charge in [-0.15, -0.1) is 0 Å². The van der Waals surface area contributed by atoms with Gasteiger partial charge in [-0.2, -0.15) is 0 Å². The number of carbonyl (C=O) groups excluding carboxylic acids is 1. The molecule has 5 nitrogen and oxygen atoms in total. The quantitative estimate of drug-likeness (QED) is 0.892. The van der Waals surface area contributed by atoms with Crippen molar-refractivity contribution in [1.29, 1.82) is 0 Å². The summed E-state index contributed by atoms with van der Waals surface area (Å²) in [6, 6.07) is 5.99. The molecular weight excluding hydrogens is 314 g/mol. The summed E-state index contributed by atoms with van der Waals surface area (Å²) < 4.78 is 28.8. The molecule has 1 amide bonds. The van der Waals surface area contributed by atoms with E-state index in [-0.39, 0.29) is 24.0 Å². The molecule has 0 bridgehead atoms. The van der Waals surface area contributed by atoms with Crippen LogP contribution in [0, 0.1) is 6.92 Å². The molecule has 1 aromatic carbocycles. The van der Waals surface area contributed by atoms with Crippen LogP contribution in [-0.4, -0.2) is 38.0 Å². The Morgan fingerprint density at radius 2 is 2.09 bits per heavy atom. The average molecular weight is 339 g/mol. The van der Waals surface area contributed by atoms with Gasteiger partial charge < -0.3 is 10.1 Å². The molecule has 0 aromatic heterocycles. The largest absolute Gasteiger partial charge is 0.483 e. The van der Waals surface area contributed by atoms with Gasteiger partial charge in [0.2, 0.25) is 0 Å². The van der Waals surface area contributed by atoms with Crippen LogP contribution >= 0.6 is 0 Å². The Morgan fingerprint density at radius 1 is 1.39 bits per heavy atom. The predicted octanol–water partition coefficient (Wildman–Crippen LogP) is 2.19. The van der Waals surface area contributed by atoms with E-state index in [9.17, 15) is 13.2 Å². The molecule has 1 fully saturated rings. The minimum atomic E-state index is -3.04. The van der Waals surface area contributed by atoms with Crippen LogP contribution < -0.4 is 10.1 Å². The highest BCUT2D eigenvalue weighted by atomic mass is 32.2. The van der Waals surface area contributed by atoms with Crippen molar-refractivity contribution in [3.8, 4) is 5.75 Å². The zero-order valence-corrected chi connectivity index (χ0v) is 15.0. The first-order valence-corrected chi connectivity index (χ1v) is 9.67. The summed E-state index contributed by atoms with van der Waals surface area (Å²) in [6.45, 7) is 7.78. The maximum atomic E-state index is 12.1. The third-order valence-electron chi connectivity index (χ3n) is 4.18. The molecular formula is C17H25NO4S. The lowest BCUT2D eigenvalue weighted by Gasteiger charge is -2.24. The zero-order chi connectivity index (χ0) is 17.3. The second-order valence-electron chi connectivity index (χ2n) is 6.92. The summed E-state index contributed by atoms with van der Waals surface area (Å²) >= 11 is 0. The molecule has 1 heterocycles. The van der Waals surface area contributed by atoms with Crippen molar-refractivity contribution < 1.29 is 17.9 Å². The standard InChI is InChI=1S/C17H25NO4S/c1-12(2)14-6-5-13(3)15(9-14)22-10-16(19)18-17(4)7-8-23(20,21)11-17/h5-6,9,12H,7-8,10-11H2,1-4H3,(H,18,19). The van der Waals surface area contributed by atoms with E-state index in [0.717, 1.165) is 11.1 Å². The van der Waals surface area contributed by atoms with Crippen molar-refractivity contribution in [1.82, 2.24) is 5.32 Å². The molecule has 0 radical (unpaired) electrons. The Labute approximate surface area is 138 Å². The second kappa shape index (κ2) is 6.51. The minimum absolute atomic E-state index is 0.00635. The molecule has 2 rings (SSSR count). The van der Waals surface area contributed by atoms with Crippen LogP contribution in [0.3, 0.4) is 0 Å². The van der Waals surface area contributed by atoms with Gasteiger partial charge in [-0.25, -0.2) is 8.42 Å². The van der Waals surface area contributed by atoms with E-state index in [4.69, 9.17) is 4.74 Å². The Bertz CT molecular complexity index is 697. The molecule has 1 aromatic rings. The number of aryl methyl sites for hydroxylation is 1. The van der Waals surface area contributed by atoms with Gasteiger partial charge in [0.25, 0.3) is 5.91 Å². The summed E-state index contributed by atoms with van der Waals surface area (Å²) in [7, 11) is -3.04. The molecule has 1 saturated heterocycles. The highest BCUT2D eigenvalue weighted by Gasteiger charge is 2.39. The fourth-order valence-electron chi connectivity index (χ4n) is 2.76. The molecule has 0 saturated carbocycles. The zero-order valence-electron chi connectivity index (χ0n) is 14.2. The van der Waals surface area contributed by atoms with E-state index in [1.54, 1.807) is 6.92 Å². The molecule has 0 aliphatic carbocycles. The number of sulfone groups is 1. The molecule has 0 spiro atoms. The van der Waals surface area contributed by atoms with Crippen LogP contribution in [0.15, 0.2) is 18.2 Å². The van der Waals surface area contributed by atoms with Gasteiger partial charge in [0.05, 0.1) is 17.0 Å². The van der Waals surface area contributed by atoms with Crippen molar-refractivity contribution in [3.63, 3.8) is 0 Å². The number of benzene rings is 1. The van der Waals surface area contributed by atoms with Crippen molar-refractivity contribution in [2.45, 2.75) is 45.6 Å². The molecule has 1 aliphatic rings. The third kappa shape index (κ3) is 4.70. The van der Waals surface area contributed by atoms with E-state index < -0.39 is 15.4 Å². The van der Waals surface area contributed by atoms with E-state index in [2.05, 4.69) is 25.2 Å². The fraction of sp³-hybridized carbons (Fsp3) is 0.588. The maximum absolute atomic E-state index is 12.1. The highest BCUT2D eigenvalue weighted by molar-refractivity contribution is 7.91. The smallest absolute Gasteiger partial charge is 0.258 e. The lowest BCUT2D eigenvalue weighted by Crippen LogP contribution is -2.48. The second-order valence-corrected chi connectivity index (χ2v) is 9.10. The van der Waals surface area contributed by atoms with Crippen LogP contribution in [0.2, 0.25) is 0 Å². The SMILES string of the molecule is Cc1ccc(C(C)C)cc1OCC(=O)NC1(C)CCS(=O)(=O)C1. The van der Waals surface area contributed by atoms with Crippen LogP contribution in [-0.2, 0) is 14.6 Å². The highest BCUT2D eigenvalue weighted by Crippen LogP contribution is 2.25. The summed E-state index contributed by atoms with van der Waals surface area (Å²) in [6.07, 6.45) is 0.447. The molecule has 1 atom stereocenters. The Morgan fingerprint density at radius 3 is 2.65 bits per heavy atom. The summed E-state index contributed by atoms with van der Waals surface area (Å²) in [4.78, 5) is 12.1. The summed E-state index contributed by atoms with van der Waals surface area (Å²) in [5.74, 6) is 0.900. The average Bonchev–Trinajstić information content (AvgIpc) is 2.71. The van der Waals surface area contributed by atoms with Crippen LogP contribution in [0.4, 0.5) is 0 Å². The maximum Gasteiger partial charge on any atom is 0.258 e. The summed E-state index contributed by atoms with van der Waals surface area (Å²) in [5, 5.41) is 2.79. The van der Waals surface area contributed by atoms with Gasteiger partial charge >= 0.3 is 0 Å². The van der Waals surface area contributed by atoms with Gasteiger partial charge in [0.15, 0.2) is 16.4 Å².